The molecule has 1 aliphatic rings. The highest BCUT2D eigenvalue weighted by Crippen LogP contribution is 2.18. The molecule has 5 nitrogen and oxygen atoms in total. The van der Waals surface area contributed by atoms with Crippen LogP contribution >= 0.6 is 0 Å². The van der Waals surface area contributed by atoms with Gasteiger partial charge in [0.2, 0.25) is 0 Å². The number of nitrogens with zero attached hydrogens (tertiary/aromatic N) is 3. The third kappa shape index (κ3) is 3.57. The molecule has 1 unspecified atom stereocenters. The Bertz CT molecular complexity index is 368. The Morgan fingerprint density at radius 2 is 2.39 bits per heavy atom. The highest BCUT2D eigenvalue weighted by molar-refractivity contribution is 5.48. The van der Waals surface area contributed by atoms with Gasteiger partial charge in [-0.15, -0.1) is 0 Å². The molecule has 0 spiro atoms. The first kappa shape index (κ1) is 13.1. The number of piperidine rings is 1. The Kier molecular flexibility index (Phi) is 4.75. The van der Waals surface area contributed by atoms with Crippen LogP contribution in [0.5, 0.6) is 0 Å². The minimum Gasteiger partial charge on any atom is -0.370 e. The average Bonchev–Trinajstić information content (AvgIpc) is 2.39. The van der Waals surface area contributed by atoms with Crippen molar-refractivity contribution in [3.8, 4) is 0 Å². The molecule has 1 aliphatic heterocycles. The van der Waals surface area contributed by atoms with Crippen LogP contribution in [-0.4, -0.2) is 35.6 Å². The molecule has 2 heterocycles. The van der Waals surface area contributed by atoms with E-state index in [1.54, 1.807) is 6.33 Å². The third-order valence-corrected chi connectivity index (χ3v) is 3.27. The molecule has 5 heteroatoms. The fourth-order valence-corrected chi connectivity index (χ4v) is 2.23. The zero-order chi connectivity index (χ0) is 12.8. The molecule has 1 aromatic rings. The molecule has 3 N–H and O–H groups in total. The van der Waals surface area contributed by atoms with Crippen molar-refractivity contribution in [1.82, 2.24) is 9.97 Å². The third-order valence-electron chi connectivity index (χ3n) is 3.27. The van der Waals surface area contributed by atoms with E-state index in [0.717, 1.165) is 50.5 Å². The van der Waals surface area contributed by atoms with E-state index < -0.39 is 0 Å². The molecule has 0 radical (unpaired) electrons. The predicted molar refractivity (Wildman–Crippen MR) is 74.9 cm³/mol. The number of anilines is 2. The second-order valence-electron chi connectivity index (χ2n) is 4.89. The quantitative estimate of drug-likeness (QED) is 0.776. The van der Waals surface area contributed by atoms with Crippen LogP contribution in [0.25, 0.3) is 0 Å². The van der Waals surface area contributed by atoms with Crippen molar-refractivity contribution in [2.75, 3.05) is 29.9 Å². The van der Waals surface area contributed by atoms with Gasteiger partial charge in [-0.3, -0.25) is 0 Å². The van der Waals surface area contributed by atoms with Crippen LogP contribution in [0.1, 0.15) is 32.6 Å². The predicted octanol–water partition coefficient (Wildman–Crippen LogP) is 1.62. The first-order chi connectivity index (χ1) is 8.79. The van der Waals surface area contributed by atoms with Gasteiger partial charge in [0.1, 0.15) is 18.0 Å². The molecule has 0 bridgehead atoms. The lowest BCUT2D eigenvalue weighted by atomic mass is 10.1. The number of nitrogens with one attached hydrogen (secondary N) is 1. The van der Waals surface area contributed by atoms with Crippen LogP contribution in [0.15, 0.2) is 12.4 Å². The van der Waals surface area contributed by atoms with Gasteiger partial charge in [-0.05, 0) is 19.3 Å². The second-order valence-corrected chi connectivity index (χ2v) is 4.89. The smallest absolute Gasteiger partial charge is 0.134 e. The lowest BCUT2D eigenvalue weighted by Gasteiger charge is -2.31. The van der Waals surface area contributed by atoms with Gasteiger partial charge in [0.15, 0.2) is 0 Å². The van der Waals surface area contributed by atoms with E-state index in [1.807, 2.05) is 6.07 Å². The van der Waals surface area contributed by atoms with Gasteiger partial charge < -0.3 is 16.0 Å². The summed E-state index contributed by atoms with van der Waals surface area (Å²) in [4.78, 5) is 10.8. The van der Waals surface area contributed by atoms with Gasteiger partial charge in [-0.2, -0.15) is 0 Å². The Hall–Kier alpha value is -1.36. The highest BCUT2D eigenvalue weighted by atomic mass is 15.2. The highest BCUT2D eigenvalue weighted by Gasteiger charge is 2.18. The van der Waals surface area contributed by atoms with Gasteiger partial charge in [0.25, 0.3) is 0 Å². The van der Waals surface area contributed by atoms with Gasteiger partial charge >= 0.3 is 0 Å². The van der Waals surface area contributed by atoms with Gasteiger partial charge in [-0.25, -0.2) is 9.97 Å². The fraction of sp³-hybridized carbons (Fsp3) is 0.692. The maximum absolute atomic E-state index is 6.00. The molecule has 1 fully saturated rings. The van der Waals surface area contributed by atoms with Crippen LogP contribution < -0.4 is 16.0 Å². The van der Waals surface area contributed by atoms with E-state index in [0.29, 0.717) is 0 Å². The van der Waals surface area contributed by atoms with Crippen molar-refractivity contribution in [1.29, 1.82) is 0 Å². The van der Waals surface area contributed by atoms with E-state index >= 15 is 0 Å². The molecule has 1 aromatic heterocycles. The zero-order valence-corrected chi connectivity index (χ0v) is 11.1. The summed E-state index contributed by atoms with van der Waals surface area (Å²) in [6.07, 6.45) is 6.23. The van der Waals surface area contributed by atoms with Crippen LogP contribution in [0.2, 0.25) is 0 Å². The molecular formula is C13H23N5. The minimum absolute atomic E-state index is 0.269. The minimum atomic E-state index is 0.269. The average molecular weight is 249 g/mol. The summed E-state index contributed by atoms with van der Waals surface area (Å²) in [5, 5.41) is 3.33. The van der Waals surface area contributed by atoms with Crippen LogP contribution in [0, 0.1) is 0 Å². The topological polar surface area (TPSA) is 67.1 Å². The van der Waals surface area contributed by atoms with Crippen LogP contribution in [-0.2, 0) is 0 Å². The maximum Gasteiger partial charge on any atom is 0.134 e. The molecular weight excluding hydrogens is 226 g/mol. The van der Waals surface area contributed by atoms with Crippen molar-refractivity contribution in [2.24, 2.45) is 5.73 Å². The van der Waals surface area contributed by atoms with E-state index in [9.17, 15) is 0 Å². The van der Waals surface area contributed by atoms with Crippen molar-refractivity contribution in [3.05, 3.63) is 12.4 Å². The summed E-state index contributed by atoms with van der Waals surface area (Å²) in [6, 6.07) is 2.29. The monoisotopic (exact) mass is 249 g/mol. The van der Waals surface area contributed by atoms with Gasteiger partial charge in [0.05, 0.1) is 0 Å². The summed E-state index contributed by atoms with van der Waals surface area (Å²) < 4.78 is 0. The van der Waals surface area contributed by atoms with Crippen molar-refractivity contribution >= 4 is 11.6 Å². The summed E-state index contributed by atoms with van der Waals surface area (Å²) in [7, 11) is 0. The second kappa shape index (κ2) is 6.54. The van der Waals surface area contributed by atoms with E-state index in [2.05, 4.69) is 27.1 Å². The molecule has 0 amide bonds. The standard InChI is InChI=1S/C13H23N5/c1-2-3-6-15-12-8-13(17-10-16-12)18-7-4-5-11(14)9-18/h8,10-11H,2-7,9,14H2,1H3,(H,15,16,17). The Morgan fingerprint density at radius 3 is 3.17 bits per heavy atom. The molecule has 18 heavy (non-hydrogen) atoms. The van der Waals surface area contributed by atoms with Crippen molar-refractivity contribution in [2.45, 2.75) is 38.6 Å². The molecule has 1 saturated heterocycles. The number of unbranched alkanes of at least 4 members (excludes halogenated alkanes) is 1. The van der Waals surface area contributed by atoms with Crippen molar-refractivity contribution in [3.63, 3.8) is 0 Å². The first-order valence-electron chi connectivity index (χ1n) is 6.86. The molecule has 1 atom stereocenters. The Balaban J connectivity index is 1.97. The van der Waals surface area contributed by atoms with Gasteiger partial charge in [0, 0.05) is 31.7 Å². The maximum atomic E-state index is 6.00. The SMILES string of the molecule is CCCCNc1cc(N2CCCC(N)C2)ncn1. The summed E-state index contributed by atoms with van der Waals surface area (Å²) in [5.74, 6) is 1.90. The molecule has 0 aliphatic carbocycles. The fourth-order valence-electron chi connectivity index (χ4n) is 2.23. The summed E-state index contributed by atoms with van der Waals surface area (Å²) in [5.41, 5.74) is 6.00. The van der Waals surface area contributed by atoms with Crippen LogP contribution in [0.4, 0.5) is 11.6 Å². The molecule has 100 valence electrons. The zero-order valence-electron chi connectivity index (χ0n) is 11.1. The Labute approximate surface area is 109 Å². The van der Waals surface area contributed by atoms with E-state index in [-0.39, 0.29) is 6.04 Å². The van der Waals surface area contributed by atoms with Crippen LogP contribution in [0.3, 0.4) is 0 Å². The largest absolute Gasteiger partial charge is 0.370 e. The number of hydrogen-bond acceptors (Lipinski definition) is 5. The van der Waals surface area contributed by atoms with Gasteiger partial charge in [-0.1, -0.05) is 13.3 Å². The first-order valence-corrected chi connectivity index (χ1v) is 6.86. The number of hydrogen-bond donors (Lipinski definition) is 2. The summed E-state index contributed by atoms with van der Waals surface area (Å²) >= 11 is 0. The van der Waals surface area contributed by atoms with E-state index in [4.69, 9.17) is 5.73 Å². The number of rotatable bonds is 5. The molecule has 0 saturated carbocycles. The lowest BCUT2D eigenvalue weighted by Crippen LogP contribution is -2.43. The molecule has 0 aromatic carbocycles. The number of aromatic nitrogens is 2. The molecule has 2 rings (SSSR count). The van der Waals surface area contributed by atoms with E-state index in [1.165, 1.54) is 6.42 Å². The number of nitrogens with two attached hydrogens (primary N) is 1. The Morgan fingerprint density at radius 1 is 1.50 bits per heavy atom. The summed E-state index contributed by atoms with van der Waals surface area (Å²) in [6.45, 7) is 5.08. The van der Waals surface area contributed by atoms with Crippen molar-refractivity contribution < 1.29 is 0 Å². The normalized spacial score (nSPS) is 19.9. The lowest BCUT2D eigenvalue weighted by molar-refractivity contribution is 0.503.